The van der Waals surface area contributed by atoms with Gasteiger partial charge in [-0.15, -0.1) is 0 Å². The molecule has 84 valence electrons. The number of aromatic nitrogens is 1. The van der Waals surface area contributed by atoms with Crippen molar-refractivity contribution in [2.75, 3.05) is 0 Å². The zero-order valence-corrected chi connectivity index (χ0v) is 8.33. The highest BCUT2D eigenvalue weighted by Crippen LogP contribution is 2.36. The lowest BCUT2D eigenvalue weighted by Gasteiger charge is -2.11. The number of nitrogens with zero attached hydrogens (tertiary/aromatic N) is 1. The molecule has 1 nitrogen and oxygen atoms in total. The third-order valence-corrected chi connectivity index (χ3v) is 2.02. The summed E-state index contributed by atoms with van der Waals surface area (Å²) in [4.78, 5) is 2.70. The molecule has 1 aromatic rings. The van der Waals surface area contributed by atoms with Gasteiger partial charge in [0.15, 0.2) is 11.5 Å². The van der Waals surface area contributed by atoms with Crippen molar-refractivity contribution in [3.8, 4) is 0 Å². The summed E-state index contributed by atoms with van der Waals surface area (Å²) in [5.41, 5.74) is -3.26. The second-order valence-corrected chi connectivity index (χ2v) is 3.25. The maximum Gasteiger partial charge on any atom is 0.433 e. The quantitative estimate of drug-likeness (QED) is 0.564. The third-order valence-electron chi connectivity index (χ3n) is 1.47. The van der Waals surface area contributed by atoms with Gasteiger partial charge in [-0.05, 0) is 22.0 Å². The minimum absolute atomic E-state index is 0.116. The summed E-state index contributed by atoms with van der Waals surface area (Å²) < 4.78 is 72.8. The number of rotatable bonds is 1. The Labute approximate surface area is 88.2 Å². The van der Waals surface area contributed by atoms with Crippen molar-refractivity contribution in [3.63, 3.8) is 0 Å². The first-order valence-corrected chi connectivity index (χ1v) is 4.24. The molecule has 0 bridgehead atoms. The zero-order valence-electron chi connectivity index (χ0n) is 6.75. The van der Waals surface area contributed by atoms with Crippen LogP contribution in [-0.4, -0.2) is 4.98 Å². The molecule has 0 atom stereocenters. The smallest absolute Gasteiger partial charge is 0.233 e. The molecule has 0 aliphatic heterocycles. The second-order valence-electron chi connectivity index (χ2n) is 2.50. The normalized spacial score (nSPS) is 12.3. The number of halogens is 7. The van der Waals surface area contributed by atoms with Gasteiger partial charge in [-0.2, -0.15) is 13.2 Å². The monoisotopic (exact) mass is 293 g/mol. The lowest BCUT2D eigenvalue weighted by molar-refractivity contribution is -0.143. The fourth-order valence-corrected chi connectivity index (χ4v) is 1.17. The van der Waals surface area contributed by atoms with Crippen molar-refractivity contribution in [2.45, 2.75) is 12.6 Å². The molecule has 0 radical (unpaired) electrons. The largest absolute Gasteiger partial charge is 0.433 e. The van der Waals surface area contributed by atoms with Crippen LogP contribution in [0.4, 0.5) is 26.3 Å². The third kappa shape index (κ3) is 2.61. The van der Waals surface area contributed by atoms with E-state index in [-0.39, 0.29) is 6.07 Å². The lowest BCUT2D eigenvalue weighted by Crippen LogP contribution is -2.13. The Bertz CT molecular complexity index is 374. The first-order valence-electron chi connectivity index (χ1n) is 3.44. The van der Waals surface area contributed by atoms with Gasteiger partial charge in [0.05, 0.1) is 5.56 Å². The number of alkyl halides is 5. The Kier molecular flexibility index (Phi) is 3.27. The van der Waals surface area contributed by atoms with Crippen LogP contribution in [0.5, 0.6) is 0 Å². The molecule has 1 aromatic heterocycles. The van der Waals surface area contributed by atoms with Crippen molar-refractivity contribution in [3.05, 3.63) is 27.7 Å². The molecule has 0 saturated carbocycles. The molecule has 15 heavy (non-hydrogen) atoms. The number of pyridine rings is 1. The van der Waals surface area contributed by atoms with Gasteiger partial charge < -0.3 is 0 Å². The van der Waals surface area contributed by atoms with Gasteiger partial charge >= 0.3 is 6.18 Å². The maximum absolute atomic E-state index is 12.7. The van der Waals surface area contributed by atoms with Crippen LogP contribution in [0.1, 0.15) is 17.7 Å². The molecule has 0 aliphatic carbocycles. The summed E-state index contributed by atoms with van der Waals surface area (Å²) >= 11 is 2.39. The fourth-order valence-electron chi connectivity index (χ4n) is 0.874. The van der Waals surface area contributed by atoms with Crippen molar-refractivity contribution in [2.24, 2.45) is 0 Å². The standard InChI is InChI=1S/C7H2BrF6N/c8-5-3(9)1-2(6(10)11)4(15-5)7(12,13)14/h1,6H. The Hall–Kier alpha value is -0.790. The van der Waals surface area contributed by atoms with Crippen LogP contribution in [0.25, 0.3) is 0 Å². The molecule has 0 aliphatic rings. The molecule has 0 amide bonds. The molecule has 8 heteroatoms. The maximum atomic E-state index is 12.7. The Morgan fingerprint density at radius 3 is 2.20 bits per heavy atom. The van der Waals surface area contributed by atoms with Crippen LogP contribution in [-0.2, 0) is 6.18 Å². The molecular formula is C7H2BrF6N. The molecular weight excluding hydrogens is 292 g/mol. The molecule has 0 aromatic carbocycles. The van der Waals surface area contributed by atoms with E-state index in [9.17, 15) is 26.3 Å². The molecule has 0 spiro atoms. The molecule has 0 saturated heterocycles. The van der Waals surface area contributed by atoms with Crippen molar-refractivity contribution < 1.29 is 26.3 Å². The van der Waals surface area contributed by atoms with Gasteiger partial charge in [-0.3, -0.25) is 0 Å². The molecule has 0 fully saturated rings. The van der Waals surface area contributed by atoms with Crippen molar-refractivity contribution in [1.82, 2.24) is 4.98 Å². The van der Waals surface area contributed by atoms with Gasteiger partial charge in [0.2, 0.25) is 0 Å². The van der Waals surface area contributed by atoms with Crippen LogP contribution < -0.4 is 0 Å². The predicted molar refractivity (Wildman–Crippen MR) is 41.9 cm³/mol. The van der Waals surface area contributed by atoms with Crippen LogP contribution in [0, 0.1) is 5.82 Å². The predicted octanol–water partition coefficient (Wildman–Crippen LogP) is 3.94. The van der Waals surface area contributed by atoms with E-state index in [1.165, 1.54) is 0 Å². The highest BCUT2D eigenvalue weighted by atomic mass is 79.9. The summed E-state index contributed by atoms with van der Waals surface area (Å²) in [7, 11) is 0. The average molecular weight is 294 g/mol. The van der Waals surface area contributed by atoms with Gasteiger partial charge in [-0.25, -0.2) is 18.2 Å². The van der Waals surface area contributed by atoms with E-state index in [1.54, 1.807) is 0 Å². The fraction of sp³-hybridized carbons (Fsp3) is 0.286. The zero-order chi connectivity index (χ0) is 11.8. The number of hydrogen-bond acceptors (Lipinski definition) is 1. The van der Waals surface area contributed by atoms with E-state index < -0.39 is 34.3 Å². The van der Waals surface area contributed by atoms with Crippen LogP contribution in [0.15, 0.2) is 10.7 Å². The van der Waals surface area contributed by atoms with Gasteiger partial charge in [0, 0.05) is 0 Å². The molecule has 1 rings (SSSR count). The highest BCUT2D eigenvalue weighted by molar-refractivity contribution is 9.10. The Balaban J connectivity index is 3.42. The average Bonchev–Trinajstić information content (AvgIpc) is 2.06. The summed E-state index contributed by atoms with van der Waals surface area (Å²) in [6.45, 7) is 0. The molecule has 1 heterocycles. The summed E-state index contributed by atoms with van der Waals surface area (Å²) in [6, 6.07) is 0.116. The Morgan fingerprint density at radius 1 is 1.27 bits per heavy atom. The number of hydrogen-bond donors (Lipinski definition) is 0. The first-order chi connectivity index (χ1) is 6.73. The van der Waals surface area contributed by atoms with E-state index in [2.05, 4.69) is 20.9 Å². The van der Waals surface area contributed by atoms with E-state index in [0.717, 1.165) is 0 Å². The topological polar surface area (TPSA) is 12.9 Å². The van der Waals surface area contributed by atoms with Gasteiger partial charge in [0.1, 0.15) is 4.60 Å². The van der Waals surface area contributed by atoms with E-state index in [1.807, 2.05) is 0 Å². The summed E-state index contributed by atoms with van der Waals surface area (Å²) in [5.74, 6) is -1.27. The van der Waals surface area contributed by atoms with Gasteiger partial charge in [0.25, 0.3) is 6.43 Å². The minimum atomic E-state index is -5.04. The second kappa shape index (κ2) is 3.99. The minimum Gasteiger partial charge on any atom is -0.233 e. The summed E-state index contributed by atoms with van der Waals surface area (Å²) in [5, 5.41) is 0. The van der Waals surface area contributed by atoms with Crippen LogP contribution in [0.2, 0.25) is 0 Å². The van der Waals surface area contributed by atoms with Crippen molar-refractivity contribution >= 4 is 15.9 Å². The van der Waals surface area contributed by atoms with E-state index >= 15 is 0 Å². The SMILES string of the molecule is Fc1cc(C(F)F)c(C(F)(F)F)nc1Br. The summed E-state index contributed by atoms with van der Waals surface area (Å²) in [6.07, 6.45) is -8.47. The van der Waals surface area contributed by atoms with Gasteiger partial charge in [-0.1, -0.05) is 0 Å². The lowest BCUT2D eigenvalue weighted by atomic mass is 10.2. The Morgan fingerprint density at radius 2 is 1.80 bits per heavy atom. The molecule has 0 N–H and O–H groups in total. The highest BCUT2D eigenvalue weighted by Gasteiger charge is 2.38. The molecule has 0 unspecified atom stereocenters. The first kappa shape index (κ1) is 12.3. The van der Waals surface area contributed by atoms with Crippen molar-refractivity contribution in [1.29, 1.82) is 0 Å². The van der Waals surface area contributed by atoms with E-state index in [4.69, 9.17) is 0 Å². The van der Waals surface area contributed by atoms with E-state index in [0.29, 0.717) is 0 Å². The van der Waals surface area contributed by atoms with Crippen LogP contribution >= 0.6 is 15.9 Å². The van der Waals surface area contributed by atoms with Crippen LogP contribution in [0.3, 0.4) is 0 Å².